The van der Waals surface area contributed by atoms with E-state index in [4.69, 9.17) is 4.52 Å². The summed E-state index contributed by atoms with van der Waals surface area (Å²) >= 11 is 0. The summed E-state index contributed by atoms with van der Waals surface area (Å²) in [5, 5.41) is 7.56. The first-order chi connectivity index (χ1) is 11.4. The molecular weight excluding hydrogens is 290 g/mol. The highest BCUT2D eigenvalue weighted by atomic mass is 16.5. The summed E-state index contributed by atoms with van der Waals surface area (Å²) in [7, 11) is 0. The van der Waals surface area contributed by atoms with Gasteiger partial charge in [-0.3, -0.25) is 9.80 Å². The van der Waals surface area contributed by atoms with Crippen molar-refractivity contribution in [3.63, 3.8) is 0 Å². The molecule has 2 saturated heterocycles. The van der Waals surface area contributed by atoms with Crippen LogP contribution >= 0.6 is 0 Å². The Morgan fingerprint density at radius 1 is 1.13 bits per heavy atom. The Morgan fingerprint density at radius 3 is 2.78 bits per heavy atom. The zero-order chi connectivity index (χ0) is 15.5. The van der Waals surface area contributed by atoms with Crippen LogP contribution in [-0.4, -0.2) is 65.3 Å². The summed E-state index contributed by atoms with van der Waals surface area (Å²) < 4.78 is 5.40. The minimum absolute atomic E-state index is 0.610. The van der Waals surface area contributed by atoms with E-state index in [2.05, 4.69) is 25.3 Å². The van der Waals surface area contributed by atoms with Gasteiger partial charge >= 0.3 is 0 Å². The lowest BCUT2D eigenvalue weighted by molar-refractivity contribution is 0.169. The maximum Gasteiger partial charge on any atom is 0.257 e. The fourth-order valence-electron chi connectivity index (χ4n) is 3.52. The van der Waals surface area contributed by atoms with Crippen LogP contribution in [0.5, 0.6) is 0 Å². The summed E-state index contributed by atoms with van der Waals surface area (Å²) in [6, 6.07) is 10.6. The smallest absolute Gasteiger partial charge is 0.257 e. The lowest BCUT2D eigenvalue weighted by atomic mass is 10.2. The maximum atomic E-state index is 5.40. The van der Waals surface area contributed by atoms with Crippen molar-refractivity contribution in [1.29, 1.82) is 0 Å². The number of piperazine rings is 1. The number of nitrogens with zero attached hydrogens (tertiary/aromatic N) is 4. The van der Waals surface area contributed by atoms with Gasteiger partial charge in [-0.25, -0.2) is 0 Å². The molecule has 1 aromatic carbocycles. The normalized spacial score (nSPS) is 23.4. The van der Waals surface area contributed by atoms with E-state index in [0.717, 1.165) is 44.1 Å². The van der Waals surface area contributed by atoms with E-state index in [1.165, 1.54) is 19.5 Å². The number of rotatable bonds is 4. The summed E-state index contributed by atoms with van der Waals surface area (Å²) in [4.78, 5) is 9.59. The molecule has 0 radical (unpaired) electrons. The Balaban J connectivity index is 1.35. The first kappa shape index (κ1) is 14.8. The highest BCUT2D eigenvalue weighted by molar-refractivity contribution is 5.51. The Hall–Kier alpha value is -1.76. The van der Waals surface area contributed by atoms with E-state index >= 15 is 0 Å². The highest BCUT2D eigenvalue weighted by Crippen LogP contribution is 2.20. The van der Waals surface area contributed by atoms with Crippen LogP contribution in [0.3, 0.4) is 0 Å². The molecule has 1 aromatic heterocycles. The van der Waals surface area contributed by atoms with E-state index in [0.29, 0.717) is 11.9 Å². The van der Waals surface area contributed by atoms with E-state index in [1.54, 1.807) is 0 Å². The molecule has 23 heavy (non-hydrogen) atoms. The standard InChI is InChI=1S/C17H23N5O/c1-2-4-14(5-3-1)17-19-16(20-23-17)13-21-9-6-15(12-21)22-10-7-18-8-11-22/h1-5,15,18H,6-13H2. The average molecular weight is 313 g/mol. The van der Waals surface area contributed by atoms with Crippen LogP contribution < -0.4 is 5.32 Å². The van der Waals surface area contributed by atoms with Gasteiger partial charge in [0.05, 0.1) is 6.54 Å². The number of nitrogens with one attached hydrogen (secondary N) is 1. The molecule has 1 atom stereocenters. The van der Waals surface area contributed by atoms with Gasteiger partial charge in [-0.05, 0) is 18.6 Å². The second kappa shape index (κ2) is 6.78. The fraction of sp³-hybridized carbons (Fsp3) is 0.529. The molecule has 0 bridgehead atoms. The second-order valence-corrected chi connectivity index (χ2v) is 6.35. The zero-order valence-corrected chi connectivity index (χ0v) is 13.3. The van der Waals surface area contributed by atoms with Crippen LogP contribution in [0.1, 0.15) is 12.2 Å². The molecule has 2 fully saturated rings. The van der Waals surface area contributed by atoms with Crippen molar-refractivity contribution in [2.75, 3.05) is 39.3 Å². The SMILES string of the molecule is c1ccc(-c2nc(CN3CCC(N4CCNCC4)C3)no2)cc1. The van der Waals surface area contributed by atoms with Crippen LogP contribution in [-0.2, 0) is 6.54 Å². The van der Waals surface area contributed by atoms with Crippen LogP contribution in [0.25, 0.3) is 11.5 Å². The Kier molecular flexibility index (Phi) is 4.37. The van der Waals surface area contributed by atoms with Crippen molar-refractivity contribution in [2.45, 2.75) is 19.0 Å². The Labute approximate surface area is 136 Å². The van der Waals surface area contributed by atoms with Crippen molar-refractivity contribution in [2.24, 2.45) is 0 Å². The Bertz CT molecular complexity index is 623. The third-order valence-corrected chi connectivity index (χ3v) is 4.77. The average Bonchev–Trinajstić information content (AvgIpc) is 3.27. The number of hydrogen-bond acceptors (Lipinski definition) is 6. The molecule has 2 aliphatic heterocycles. The molecule has 0 spiro atoms. The molecule has 6 nitrogen and oxygen atoms in total. The van der Waals surface area contributed by atoms with Gasteiger partial charge in [-0.2, -0.15) is 4.98 Å². The summed E-state index contributed by atoms with van der Waals surface area (Å²) in [5.74, 6) is 1.39. The van der Waals surface area contributed by atoms with Crippen molar-refractivity contribution < 1.29 is 4.52 Å². The Morgan fingerprint density at radius 2 is 1.96 bits per heavy atom. The first-order valence-corrected chi connectivity index (χ1v) is 8.43. The van der Waals surface area contributed by atoms with Gasteiger partial charge in [-0.15, -0.1) is 0 Å². The first-order valence-electron chi connectivity index (χ1n) is 8.43. The minimum atomic E-state index is 0.610. The van der Waals surface area contributed by atoms with E-state index in [9.17, 15) is 0 Å². The molecule has 0 saturated carbocycles. The van der Waals surface area contributed by atoms with Gasteiger partial charge in [0, 0.05) is 50.9 Å². The number of aromatic nitrogens is 2. The van der Waals surface area contributed by atoms with Gasteiger partial charge in [-0.1, -0.05) is 23.4 Å². The lowest BCUT2D eigenvalue weighted by Gasteiger charge is -2.32. The third kappa shape index (κ3) is 3.44. The predicted octanol–water partition coefficient (Wildman–Crippen LogP) is 1.22. The summed E-state index contributed by atoms with van der Waals surface area (Å²) in [5.41, 5.74) is 0.978. The van der Waals surface area contributed by atoms with Gasteiger partial charge in [0.2, 0.25) is 0 Å². The number of likely N-dealkylation sites (tertiary alicyclic amines) is 1. The van der Waals surface area contributed by atoms with Crippen LogP contribution in [0, 0.1) is 0 Å². The van der Waals surface area contributed by atoms with Crippen LogP contribution in [0.15, 0.2) is 34.9 Å². The van der Waals surface area contributed by atoms with Gasteiger partial charge < -0.3 is 9.84 Å². The maximum absolute atomic E-state index is 5.40. The largest absolute Gasteiger partial charge is 0.334 e. The topological polar surface area (TPSA) is 57.4 Å². The zero-order valence-electron chi connectivity index (χ0n) is 13.3. The monoisotopic (exact) mass is 313 g/mol. The molecular formula is C17H23N5O. The molecule has 1 N–H and O–H groups in total. The van der Waals surface area contributed by atoms with E-state index in [1.807, 2.05) is 30.3 Å². The molecule has 2 aliphatic rings. The molecule has 0 amide bonds. The molecule has 2 aromatic rings. The van der Waals surface area contributed by atoms with E-state index in [-0.39, 0.29) is 0 Å². The summed E-state index contributed by atoms with van der Waals surface area (Å²) in [6.07, 6.45) is 1.24. The number of hydrogen-bond donors (Lipinski definition) is 1. The van der Waals surface area contributed by atoms with Crippen molar-refractivity contribution in [3.8, 4) is 11.5 Å². The van der Waals surface area contributed by atoms with Crippen molar-refractivity contribution >= 4 is 0 Å². The fourth-order valence-corrected chi connectivity index (χ4v) is 3.52. The van der Waals surface area contributed by atoms with Crippen molar-refractivity contribution in [3.05, 3.63) is 36.2 Å². The second-order valence-electron chi connectivity index (χ2n) is 6.35. The van der Waals surface area contributed by atoms with Crippen molar-refractivity contribution in [1.82, 2.24) is 25.3 Å². The summed E-state index contributed by atoms with van der Waals surface area (Å²) in [6.45, 7) is 7.55. The quantitative estimate of drug-likeness (QED) is 0.916. The van der Waals surface area contributed by atoms with Crippen LogP contribution in [0.4, 0.5) is 0 Å². The number of benzene rings is 1. The third-order valence-electron chi connectivity index (χ3n) is 4.77. The minimum Gasteiger partial charge on any atom is -0.334 e. The van der Waals surface area contributed by atoms with Gasteiger partial charge in [0.1, 0.15) is 0 Å². The predicted molar refractivity (Wildman–Crippen MR) is 87.9 cm³/mol. The lowest BCUT2D eigenvalue weighted by Crippen LogP contribution is -2.49. The highest BCUT2D eigenvalue weighted by Gasteiger charge is 2.29. The van der Waals surface area contributed by atoms with Gasteiger partial charge in [0.15, 0.2) is 5.82 Å². The molecule has 3 heterocycles. The van der Waals surface area contributed by atoms with Crippen LogP contribution in [0.2, 0.25) is 0 Å². The molecule has 0 aliphatic carbocycles. The molecule has 6 heteroatoms. The van der Waals surface area contributed by atoms with E-state index < -0.39 is 0 Å². The molecule has 122 valence electrons. The molecule has 1 unspecified atom stereocenters. The van der Waals surface area contributed by atoms with Gasteiger partial charge in [0.25, 0.3) is 5.89 Å². The molecule has 4 rings (SSSR count).